The van der Waals surface area contributed by atoms with E-state index in [-0.39, 0.29) is 23.0 Å². The van der Waals surface area contributed by atoms with Gasteiger partial charge in [0.1, 0.15) is 11.6 Å². The number of halogens is 2. The highest BCUT2D eigenvalue weighted by molar-refractivity contribution is 5.87. The summed E-state index contributed by atoms with van der Waals surface area (Å²) < 4.78 is 40.2. The number of allylic oxidation sites excluding steroid dienone is 5. The quantitative estimate of drug-likeness (QED) is 0.225. The largest absolute Gasteiger partial charge is 0.493 e. The first kappa shape index (κ1) is 26.8. The minimum atomic E-state index is -1.04. The molecule has 1 aromatic rings. The molecule has 1 aliphatic rings. The molecule has 0 atom stereocenters. The van der Waals surface area contributed by atoms with Crippen molar-refractivity contribution < 1.29 is 23.0 Å². The molecule has 0 aliphatic heterocycles. The SMILES string of the molecule is CCOC(=O)/C(F)=C(C)/C=C/C(F)=C(/CC)c1cc2c(cc1OCC)C(C)(C)CCC2(C)C. The molecule has 1 aliphatic carbocycles. The molecule has 0 saturated carbocycles. The first-order valence-corrected chi connectivity index (χ1v) is 11.8. The van der Waals surface area contributed by atoms with Crippen LogP contribution in [0.2, 0.25) is 0 Å². The van der Waals surface area contributed by atoms with Gasteiger partial charge in [-0.05, 0) is 91.3 Å². The first-order valence-electron chi connectivity index (χ1n) is 11.8. The molecule has 5 heteroatoms. The summed E-state index contributed by atoms with van der Waals surface area (Å²) >= 11 is 0. The standard InChI is InChI=1S/C28H38F2O3/c1-9-19(23(29)13-12-18(4)25(30)26(31)33-11-3)20-16-21-22(17-24(20)32-10-2)28(7,8)15-14-27(21,5)6/h12-13,16-17H,9-11,14-15H2,1-8H3/b13-12+,23-19+,25-18-. The van der Waals surface area contributed by atoms with Gasteiger partial charge in [0.25, 0.3) is 0 Å². The van der Waals surface area contributed by atoms with Crippen LogP contribution < -0.4 is 4.74 Å². The van der Waals surface area contributed by atoms with Crippen molar-refractivity contribution >= 4 is 11.5 Å². The van der Waals surface area contributed by atoms with Crippen LogP contribution in [0.25, 0.3) is 5.57 Å². The van der Waals surface area contributed by atoms with Crippen molar-refractivity contribution in [3.8, 4) is 5.75 Å². The Labute approximate surface area is 197 Å². The lowest BCUT2D eigenvalue weighted by Crippen LogP contribution is -2.34. The molecule has 0 fully saturated rings. The van der Waals surface area contributed by atoms with Crippen molar-refractivity contribution in [1.29, 1.82) is 0 Å². The van der Waals surface area contributed by atoms with Crippen molar-refractivity contribution in [1.82, 2.24) is 0 Å². The number of rotatable bonds is 8. The Morgan fingerprint density at radius 3 is 2.06 bits per heavy atom. The number of hydrogen-bond acceptors (Lipinski definition) is 3. The van der Waals surface area contributed by atoms with Gasteiger partial charge in [-0.1, -0.05) is 40.7 Å². The highest BCUT2D eigenvalue weighted by Gasteiger charge is 2.38. The zero-order valence-corrected chi connectivity index (χ0v) is 21.3. The predicted molar refractivity (Wildman–Crippen MR) is 131 cm³/mol. The van der Waals surface area contributed by atoms with Gasteiger partial charge in [-0.2, -0.15) is 4.39 Å². The second-order valence-electron chi connectivity index (χ2n) is 9.83. The fourth-order valence-electron chi connectivity index (χ4n) is 4.32. The van der Waals surface area contributed by atoms with Crippen molar-refractivity contribution in [3.05, 3.63) is 58.2 Å². The van der Waals surface area contributed by atoms with Crippen molar-refractivity contribution in [2.75, 3.05) is 13.2 Å². The number of benzene rings is 1. The van der Waals surface area contributed by atoms with E-state index in [1.54, 1.807) is 6.92 Å². The van der Waals surface area contributed by atoms with E-state index in [1.807, 2.05) is 13.8 Å². The molecular formula is C28H38F2O3. The molecule has 0 aromatic heterocycles. The number of carbonyl (C=O) groups is 1. The maximum atomic E-state index is 15.4. The van der Waals surface area contributed by atoms with Crippen molar-refractivity contribution in [2.24, 2.45) is 0 Å². The molecule has 0 unspecified atom stereocenters. The molecule has 182 valence electrons. The average molecular weight is 461 g/mol. The summed E-state index contributed by atoms with van der Waals surface area (Å²) in [6, 6.07) is 4.16. The topological polar surface area (TPSA) is 35.5 Å². The molecule has 0 radical (unpaired) electrons. The molecule has 0 saturated heterocycles. The Hall–Kier alpha value is -2.43. The van der Waals surface area contributed by atoms with Gasteiger partial charge in [0, 0.05) is 5.56 Å². The number of fused-ring (bicyclic) bond motifs is 1. The highest BCUT2D eigenvalue weighted by atomic mass is 19.1. The summed E-state index contributed by atoms with van der Waals surface area (Å²) in [5, 5.41) is 0. The Balaban J connectivity index is 2.63. The molecule has 0 bridgehead atoms. The minimum Gasteiger partial charge on any atom is -0.493 e. The Morgan fingerprint density at radius 1 is 0.970 bits per heavy atom. The highest BCUT2D eigenvalue weighted by Crippen LogP contribution is 2.49. The van der Waals surface area contributed by atoms with Gasteiger partial charge >= 0.3 is 5.97 Å². The van der Waals surface area contributed by atoms with Crippen LogP contribution in [-0.2, 0) is 20.4 Å². The van der Waals surface area contributed by atoms with Crippen LogP contribution in [0, 0.1) is 0 Å². The molecule has 2 rings (SSSR count). The van der Waals surface area contributed by atoms with Crippen LogP contribution in [0.1, 0.15) is 91.3 Å². The van der Waals surface area contributed by atoms with E-state index in [4.69, 9.17) is 4.74 Å². The summed E-state index contributed by atoms with van der Waals surface area (Å²) in [7, 11) is 0. The first-order chi connectivity index (χ1) is 15.4. The van der Waals surface area contributed by atoms with Gasteiger partial charge in [0.05, 0.1) is 13.2 Å². The van der Waals surface area contributed by atoms with Gasteiger partial charge in [-0.15, -0.1) is 0 Å². The summed E-state index contributed by atoms with van der Waals surface area (Å²) in [6.07, 6.45) is 5.02. The summed E-state index contributed by atoms with van der Waals surface area (Å²) in [5.41, 5.74) is 3.66. The Kier molecular flexibility index (Phi) is 8.67. The number of carbonyl (C=O) groups excluding carboxylic acids is 1. The maximum absolute atomic E-state index is 15.4. The third kappa shape index (κ3) is 5.93. The van der Waals surface area contributed by atoms with E-state index in [1.165, 1.54) is 30.2 Å². The number of esters is 1. The Morgan fingerprint density at radius 2 is 1.55 bits per heavy atom. The molecule has 1 aromatic carbocycles. The summed E-state index contributed by atoms with van der Waals surface area (Å²) in [6.45, 7) is 16.3. The smallest absolute Gasteiger partial charge is 0.367 e. The van der Waals surface area contributed by atoms with Gasteiger partial charge in [-0.3, -0.25) is 0 Å². The molecule has 0 N–H and O–H groups in total. The van der Waals surface area contributed by atoms with Gasteiger partial charge in [0.15, 0.2) is 0 Å². The fourth-order valence-corrected chi connectivity index (χ4v) is 4.32. The maximum Gasteiger partial charge on any atom is 0.367 e. The average Bonchev–Trinajstić information content (AvgIpc) is 2.76. The molecule has 33 heavy (non-hydrogen) atoms. The summed E-state index contributed by atoms with van der Waals surface area (Å²) in [5.74, 6) is -1.89. The van der Waals surface area contributed by atoms with Gasteiger partial charge in [0.2, 0.25) is 5.83 Å². The van der Waals surface area contributed by atoms with Crippen molar-refractivity contribution in [2.45, 2.75) is 85.5 Å². The predicted octanol–water partition coefficient (Wildman–Crippen LogP) is 7.89. The second-order valence-corrected chi connectivity index (χ2v) is 9.83. The lowest BCUT2D eigenvalue weighted by atomic mass is 9.62. The van der Waals surface area contributed by atoms with E-state index >= 15 is 4.39 Å². The number of hydrogen-bond donors (Lipinski definition) is 0. The monoisotopic (exact) mass is 460 g/mol. The summed E-state index contributed by atoms with van der Waals surface area (Å²) in [4.78, 5) is 11.6. The van der Waals surface area contributed by atoms with E-state index in [9.17, 15) is 9.18 Å². The molecule has 0 spiro atoms. The molecule has 0 heterocycles. The van der Waals surface area contributed by atoms with E-state index in [2.05, 4.69) is 44.6 Å². The van der Waals surface area contributed by atoms with Crippen LogP contribution in [-0.4, -0.2) is 19.2 Å². The molecule has 3 nitrogen and oxygen atoms in total. The van der Waals surface area contributed by atoms with E-state index in [0.29, 0.717) is 24.4 Å². The van der Waals surface area contributed by atoms with Crippen LogP contribution in [0.15, 0.2) is 41.5 Å². The fraction of sp³-hybridized carbons (Fsp3) is 0.536. The lowest BCUT2D eigenvalue weighted by molar-refractivity contribution is -0.140. The minimum absolute atomic E-state index is 0.0102. The van der Waals surface area contributed by atoms with Crippen LogP contribution >= 0.6 is 0 Å². The van der Waals surface area contributed by atoms with Gasteiger partial charge in [-0.25, -0.2) is 9.18 Å². The third-order valence-corrected chi connectivity index (χ3v) is 6.50. The normalized spacial score (nSPS) is 18.4. The molecule has 0 amide bonds. The van der Waals surface area contributed by atoms with Gasteiger partial charge < -0.3 is 9.47 Å². The lowest BCUT2D eigenvalue weighted by Gasteiger charge is -2.42. The third-order valence-electron chi connectivity index (χ3n) is 6.50. The number of ether oxygens (including phenoxy) is 2. The van der Waals surface area contributed by atoms with Crippen LogP contribution in [0.4, 0.5) is 8.78 Å². The van der Waals surface area contributed by atoms with Crippen LogP contribution in [0.3, 0.4) is 0 Å². The zero-order chi connectivity index (χ0) is 25.0. The zero-order valence-electron chi connectivity index (χ0n) is 21.3. The molecular weight excluding hydrogens is 422 g/mol. The second kappa shape index (κ2) is 10.7. The van der Waals surface area contributed by atoms with Crippen LogP contribution in [0.5, 0.6) is 5.75 Å². The van der Waals surface area contributed by atoms with Crippen molar-refractivity contribution in [3.63, 3.8) is 0 Å². The van der Waals surface area contributed by atoms with E-state index in [0.717, 1.165) is 18.4 Å². The van der Waals surface area contributed by atoms with E-state index < -0.39 is 17.6 Å². The Bertz CT molecular complexity index is 981.